The quantitative estimate of drug-likeness (QED) is 0.562. The molecule has 0 spiro atoms. The van der Waals surface area contributed by atoms with Crippen molar-refractivity contribution in [2.45, 2.75) is 50.5 Å². The van der Waals surface area contributed by atoms with E-state index in [0.29, 0.717) is 0 Å². The van der Waals surface area contributed by atoms with Gasteiger partial charge in [0.05, 0.1) is 0 Å². The third kappa shape index (κ3) is 4.58. The fraction of sp³-hybridized carbons (Fsp3) is 0.571. The minimum Gasteiger partial charge on any atom is -0.324 e. The van der Waals surface area contributed by atoms with Gasteiger partial charge in [-0.05, 0) is 29.9 Å². The van der Waals surface area contributed by atoms with E-state index in [1.165, 1.54) is 29.7 Å². The van der Waals surface area contributed by atoms with Crippen LogP contribution in [0.4, 0.5) is 0 Å². The number of rotatable bonds is 7. The minimum atomic E-state index is 0.215. The summed E-state index contributed by atoms with van der Waals surface area (Å²) in [4.78, 5) is 1.34. The van der Waals surface area contributed by atoms with Crippen molar-refractivity contribution in [1.29, 1.82) is 0 Å². The average molecular weight is 237 g/mol. The highest BCUT2D eigenvalue weighted by molar-refractivity contribution is 7.99. The fourth-order valence-electron chi connectivity index (χ4n) is 1.76. The van der Waals surface area contributed by atoms with Crippen LogP contribution in [0.15, 0.2) is 29.2 Å². The Morgan fingerprint density at radius 1 is 1.12 bits per heavy atom. The van der Waals surface area contributed by atoms with Gasteiger partial charge in [0, 0.05) is 10.9 Å². The molecule has 1 unspecified atom stereocenters. The number of nitrogens with two attached hydrogens (primary N) is 1. The summed E-state index contributed by atoms with van der Waals surface area (Å²) in [5.41, 5.74) is 7.43. The van der Waals surface area contributed by atoms with Crippen LogP contribution in [0.2, 0.25) is 0 Å². The Bertz CT molecular complexity index is 281. The summed E-state index contributed by atoms with van der Waals surface area (Å²) in [6.45, 7) is 4.40. The second kappa shape index (κ2) is 7.75. The predicted octanol–water partition coefficient (Wildman–Crippen LogP) is 4.38. The van der Waals surface area contributed by atoms with Gasteiger partial charge < -0.3 is 5.73 Å². The van der Waals surface area contributed by atoms with Crippen molar-refractivity contribution in [3.8, 4) is 0 Å². The molecule has 1 aromatic rings. The van der Waals surface area contributed by atoms with Crippen molar-refractivity contribution in [3.63, 3.8) is 0 Å². The van der Waals surface area contributed by atoms with Gasteiger partial charge in [0.15, 0.2) is 0 Å². The van der Waals surface area contributed by atoms with Crippen LogP contribution in [0.3, 0.4) is 0 Å². The molecule has 0 fully saturated rings. The SMILES string of the molecule is CCCCCC(N)c1ccc(SCC)cc1. The van der Waals surface area contributed by atoms with E-state index in [9.17, 15) is 0 Å². The van der Waals surface area contributed by atoms with Gasteiger partial charge in [0.1, 0.15) is 0 Å². The molecule has 0 aliphatic carbocycles. The highest BCUT2D eigenvalue weighted by Gasteiger charge is 2.05. The molecular formula is C14H23NS. The molecule has 0 saturated heterocycles. The fourth-order valence-corrected chi connectivity index (χ4v) is 2.42. The lowest BCUT2D eigenvalue weighted by atomic mass is 10.0. The van der Waals surface area contributed by atoms with E-state index in [-0.39, 0.29) is 6.04 Å². The van der Waals surface area contributed by atoms with Gasteiger partial charge in [-0.15, -0.1) is 11.8 Å². The van der Waals surface area contributed by atoms with E-state index in [1.54, 1.807) is 0 Å². The van der Waals surface area contributed by atoms with Crippen molar-refractivity contribution in [3.05, 3.63) is 29.8 Å². The second-order valence-corrected chi connectivity index (χ2v) is 5.44. The molecule has 0 heterocycles. The van der Waals surface area contributed by atoms with Crippen LogP contribution in [0.1, 0.15) is 51.1 Å². The van der Waals surface area contributed by atoms with Gasteiger partial charge in [0.2, 0.25) is 0 Å². The molecule has 1 nitrogen and oxygen atoms in total. The Labute approximate surface area is 104 Å². The smallest absolute Gasteiger partial charge is 0.0294 e. The van der Waals surface area contributed by atoms with Gasteiger partial charge >= 0.3 is 0 Å². The molecule has 0 saturated carbocycles. The summed E-state index contributed by atoms with van der Waals surface area (Å²) >= 11 is 1.88. The zero-order valence-corrected chi connectivity index (χ0v) is 11.2. The summed E-state index contributed by atoms with van der Waals surface area (Å²) < 4.78 is 0. The Morgan fingerprint density at radius 2 is 1.81 bits per heavy atom. The summed E-state index contributed by atoms with van der Waals surface area (Å²) in [5, 5.41) is 0. The van der Waals surface area contributed by atoms with Crippen LogP contribution in [-0.4, -0.2) is 5.75 Å². The predicted molar refractivity (Wildman–Crippen MR) is 73.9 cm³/mol. The number of hydrogen-bond donors (Lipinski definition) is 1. The maximum Gasteiger partial charge on any atom is 0.0294 e. The van der Waals surface area contributed by atoms with Gasteiger partial charge in [-0.1, -0.05) is 45.2 Å². The van der Waals surface area contributed by atoms with Crippen LogP contribution in [0, 0.1) is 0 Å². The van der Waals surface area contributed by atoms with Crippen LogP contribution >= 0.6 is 11.8 Å². The molecule has 0 aromatic heterocycles. The van der Waals surface area contributed by atoms with Gasteiger partial charge in [-0.3, -0.25) is 0 Å². The maximum atomic E-state index is 6.15. The number of thioether (sulfide) groups is 1. The Hall–Kier alpha value is -0.470. The molecule has 0 bridgehead atoms. The molecule has 0 aliphatic rings. The van der Waals surface area contributed by atoms with Crippen molar-refractivity contribution < 1.29 is 0 Å². The van der Waals surface area contributed by atoms with Gasteiger partial charge in [-0.25, -0.2) is 0 Å². The van der Waals surface area contributed by atoms with Gasteiger partial charge in [-0.2, -0.15) is 0 Å². The molecular weight excluding hydrogens is 214 g/mol. The lowest BCUT2D eigenvalue weighted by molar-refractivity contribution is 0.581. The lowest BCUT2D eigenvalue weighted by Gasteiger charge is -2.12. The van der Waals surface area contributed by atoms with Crippen molar-refractivity contribution in [2.75, 3.05) is 5.75 Å². The van der Waals surface area contributed by atoms with Crippen LogP contribution < -0.4 is 5.73 Å². The first-order valence-electron chi connectivity index (χ1n) is 6.26. The molecule has 0 amide bonds. The standard InChI is InChI=1S/C14H23NS/c1-3-5-6-7-14(15)12-8-10-13(11-9-12)16-4-2/h8-11,14H,3-7,15H2,1-2H3. The molecule has 2 N–H and O–H groups in total. The van der Waals surface area contributed by atoms with Crippen LogP contribution in [0.25, 0.3) is 0 Å². The van der Waals surface area contributed by atoms with Gasteiger partial charge in [0.25, 0.3) is 0 Å². The normalized spacial score (nSPS) is 12.7. The highest BCUT2D eigenvalue weighted by atomic mass is 32.2. The highest BCUT2D eigenvalue weighted by Crippen LogP contribution is 2.22. The van der Waals surface area contributed by atoms with E-state index in [1.807, 2.05) is 11.8 Å². The monoisotopic (exact) mass is 237 g/mol. The summed E-state index contributed by atoms with van der Waals surface area (Å²) in [6.07, 6.45) is 4.90. The minimum absolute atomic E-state index is 0.215. The van der Waals surface area contributed by atoms with Crippen LogP contribution in [0.5, 0.6) is 0 Å². The van der Waals surface area contributed by atoms with E-state index in [2.05, 4.69) is 38.1 Å². The summed E-state index contributed by atoms with van der Waals surface area (Å²) in [5.74, 6) is 1.13. The largest absolute Gasteiger partial charge is 0.324 e. The zero-order valence-electron chi connectivity index (χ0n) is 10.4. The van der Waals surface area contributed by atoms with E-state index in [4.69, 9.17) is 5.73 Å². The first-order valence-corrected chi connectivity index (χ1v) is 7.24. The van der Waals surface area contributed by atoms with Crippen molar-refractivity contribution in [2.24, 2.45) is 5.73 Å². The second-order valence-electron chi connectivity index (χ2n) is 4.10. The first kappa shape index (κ1) is 13.6. The first-order chi connectivity index (χ1) is 7.77. The summed E-state index contributed by atoms with van der Waals surface area (Å²) in [7, 11) is 0. The summed E-state index contributed by atoms with van der Waals surface area (Å²) in [6, 6.07) is 8.93. The van der Waals surface area contributed by atoms with E-state index < -0.39 is 0 Å². The topological polar surface area (TPSA) is 26.0 Å². The number of unbranched alkanes of at least 4 members (excludes halogenated alkanes) is 2. The Kier molecular flexibility index (Phi) is 6.58. The van der Waals surface area contributed by atoms with E-state index >= 15 is 0 Å². The van der Waals surface area contributed by atoms with Crippen molar-refractivity contribution >= 4 is 11.8 Å². The molecule has 1 rings (SSSR count). The van der Waals surface area contributed by atoms with E-state index in [0.717, 1.165) is 12.2 Å². The maximum absolute atomic E-state index is 6.15. The molecule has 0 radical (unpaired) electrons. The molecule has 16 heavy (non-hydrogen) atoms. The molecule has 2 heteroatoms. The molecule has 90 valence electrons. The third-order valence-corrected chi connectivity index (χ3v) is 3.63. The van der Waals surface area contributed by atoms with Crippen LogP contribution in [-0.2, 0) is 0 Å². The zero-order chi connectivity index (χ0) is 11.8. The molecule has 0 aliphatic heterocycles. The average Bonchev–Trinajstić information content (AvgIpc) is 2.30. The number of hydrogen-bond acceptors (Lipinski definition) is 2. The molecule has 1 atom stereocenters. The Morgan fingerprint density at radius 3 is 2.38 bits per heavy atom. The Balaban J connectivity index is 2.46. The lowest BCUT2D eigenvalue weighted by Crippen LogP contribution is -2.09. The third-order valence-electron chi connectivity index (χ3n) is 2.74. The molecule has 1 aromatic carbocycles. The number of benzene rings is 1. The van der Waals surface area contributed by atoms with Crippen molar-refractivity contribution in [1.82, 2.24) is 0 Å².